The van der Waals surface area contributed by atoms with Gasteiger partial charge < -0.3 is 15.0 Å². The summed E-state index contributed by atoms with van der Waals surface area (Å²) in [5, 5.41) is 5.31. The molecule has 0 unspecified atom stereocenters. The maximum atomic E-state index is 12.6. The van der Waals surface area contributed by atoms with Gasteiger partial charge in [-0.05, 0) is 18.3 Å². The number of anilines is 1. The molecule has 2 fully saturated rings. The quantitative estimate of drug-likeness (QED) is 0.895. The Morgan fingerprint density at radius 1 is 1.26 bits per heavy atom. The van der Waals surface area contributed by atoms with Gasteiger partial charge in [-0.15, -0.1) is 11.3 Å². The van der Waals surface area contributed by atoms with Crippen LogP contribution in [0.4, 0.5) is 5.13 Å². The Hall–Kier alpha value is -1.47. The zero-order valence-corrected chi connectivity index (χ0v) is 14.1. The monoisotopic (exact) mass is 337 g/mol. The van der Waals surface area contributed by atoms with Crippen LogP contribution in [0.1, 0.15) is 38.5 Å². The van der Waals surface area contributed by atoms with Gasteiger partial charge in [0.2, 0.25) is 11.8 Å². The number of thiazole rings is 1. The zero-order chi connectivity index (χ0) is 16.1. The number of carbonyl (C=O) groups is 2. The van der Waals surface area contributed by atoms with E-state index in [2.05, 4.69) is 10.3 Å². The van der Waals surface area contributed by atoms with Gasteiger partial charge in [0.25, 0.3) is 0 Å². The van der Waals surface area contributed by atoms with Gasteiger partial charge >= 0.3 is 0 Å². The third kappa shape index (κ3) is 4.29. The van der Waals surface area contributed by atoms with Crippen molar-refractivity contribution in [1.82, 2.24) is 9.88 Å². The smallest absolute Gasteiger partial charge is 0.226 e. The Labute approximate surface area is 140 Å². The summed E-state index contributed by atoms with van der Waals surface area (Å²) in [6.45, 7) is 2.56. The van der Waals surface area contributed by atoms with Crippen molar-refractivity contribution in [1.29, 1.82) is 0 Å². The molecule has 2 amide bonds. The fourth-order valence-corrected chi connectivity index (χ4v) is 4.12. The largest absolute Gasteiger partial charge is 0.378 e. The number of rotatable bonds is 5. The minimum absolute atomic E-state index is 0.0309. The summed E-state index contributed by atoms with van der Waals surface area (Å²) < 4.78 is 5.30. The Balaban J connectivity index is 1.59. The van der Waals surface area contributed by atoms with Crippen LogP contribution < -0.4 is 5.32 Å². The maximum Gasteiger partial charge on any atom is 0.226 e. The molecule has 1 aromatic heterocycles. The van der Waals surface area contributed by atoms with E-state index in [-0.39, 0.29) is 17.2 Å². The molecule has 126 valence electrons. The molecule has 3 rings (SSSR count). The van der Waals surface area contributed by atoms with Crippen LogP contribution in [-0.2, 0) is 14.3 Å². The molecule has 0 radical (unpaired) electrons. The number of amides is 2. The standard InChI is InChI=1S/C16H23N3O3S/c20-13(18-15-17-5-10-23-15)11-16(3-1-2-4-16)12-14(21)19-6-8-22-9-7-19/h5,10H,1-4,6-9,11-12H2,(H,17,18,20). The van der Waals surface area contributed by atoms with Crippen molar-refractivity contribution < 1.29 is 14.3 Å². The first-order valence-corrected chi connectivity index (χ1v) is 9.10. The lowest BCUT2D eigenvalue weighted by Crippen LogP contribution is -2.43. The van der Waals surface area contributed by atoms with Gasteiger partial charge in [-0.1, -0.05) is 12.8 Å². The van der Waals surface area contributed by atoms with Crippen LogP contribution in [0.25, 0.3) is 0 Å². The number of carbonyl (C=O) groups excluding carboxylic acids is 2. The van der Waals surface area contributed by atoms with E-state index >= 15 is 0 Å². The third-order valence-corrected chi connectivity index (χ3v) is 5.46. The second kappa shape index (κ2) is 7.40. The van der Waals surface area contributed by atoms with E-state index in [1.807, 2.05) is 10.3 Å². The first-order chi connectivity index (χ1) is 11.2. The number of nitrogens with zero attached hydrogens (tertiary/aromatic N) is 2. The number of morpholine rings is 1. The van der Waals surface area contributed by atoms with E-state index in [4.69, 9.17) is 4.74 Å². The summed E-state index contributed by atoms with van der Waals surface area (Å²) in [4.78, 5) is 30.9. The minimum atomic E-state index is -0.184. The molecule has 23 heavy (non-hydrogen) atoms. The predicted octanol–water partition coefficient (Wildman–Crippen LogP) is 2.28. The molecule has 1 aliphatic carbocycles. The minimum Gasteiger partial charge on any atom is -0.378 e. The van der Waals surface area contributed by atoms with Crippen LogP contribution in [0, 0.1) is 5.41 Å². The molecule has 2 aliphatic rings. The summed E-state index contributed by atoms with van der Waals surface area (Å²) in [5.74, 6) is 0.133. The van der Waals surface area contributed by atoms with Crippen LogP contribution in [0.15, 0.2) is 11.6 Å². The van der Waals surface area contributed by atoms with E-state index < -0.39 is 0 Å². The van der Waals surface area contributed by atoms with E-state index in [0.717, 1.165) is 25.7 Å². The van der Waals surface area contributed by atoms with Gasteiger partial charge in [0.15, 0.2) is 5.13 Å². The molecular weight excluding hydrogens is 314 g/mol. The van der Waals surface area contributed by atoms with Crippen molar-refractivity contribution in [2.75, 3.05) is 31.6 Å². The highest BCUT2D eigenvalue weighted by Crippen LogP contribution is 2.44. The SMILES string of the molecule is O=C(CC1(CC(=O)N2CCOCC2)CCCC1)Nc1nccs1. The molecule has 1 aromatic rings. The average Bonchev–Trinajstić information content (AvgIpc) is 3.20. The van der Waals surface area contributed by atoms with Crippen molar-refractivity contribution in [3.63, 3.8) is 0 Å². The van der Waals surface area contributed by atoms with Crippen molar-refractivity contribution in [3.05, 3.63) is 11.6 Å². The lowest BCUT2D eigenvalue weighted by Gasteiger charge is -2.33. The summed E-state index contributed by atoms with van der Waals surface area (Å²) in [5.41, 5.74) is -0.184. The van der Waals surface area contributed by atoms with Crippen molar-refractivity contribution in [3.8, 4) is 0 Å². The highest BCUT2D eigenvalue weighted by Gasteiger charge is 2.39. The van der Waals surface area contributed by atoms with Gasteiger partial charge in [-0.25, -0.2) is 4.98 Å². The first-order valence-electron chi connectivity index (χ1n) is 8.22. The van der Waals surface area contributed by atoms with Crippen LogP contribution >= 0.6 is 11.3 Å². The molecule has 1 aliphatic heterocycles. The molecule has 1 saturated carbocycles. The number of ether oxygens (including phenoxy) is 1. The van der Waals surface area contributed by atoms with Crippen molar-refractivity contribution >= 4 is 28.3 Å². The fourth-order valence-electron chi connectivity index (χ4n) is 3.58. The topological polar surface area (TPSA) is 71.5 Å². The molecule has 0 bridgehead atoms. The van der Waals surface area contributed by atoms with E-state index in [1.54, 1.807) is 6.20 Å². The Kier molecular flexibility index (Phi) is 5.27. The molecule has 0 spiro atoms. The van der Waals surface area contributed by atoms with Crippen LogP contribution in [0.2, 0.25) is 0 Å². The highest BCUT2D eigenvalue weighted by molar-refractivity contribution is 7.13. The number of hydrogen-bond acceptors (Lipinski definition) is 5. The van der Waals surface area contributed by atoms with Crippen LogP contribution in [0.3, 0.4) is 0 Å². The van der Waals surface area contributed by atoms with Crippen LogP contribution in [0.5, 0.6) is 0 Å². The number of nitrogens with one attached hydrogen (secondary N) is 1. The predicted molar refractivity (Wildman–Crippen MR) is 88.3 cm³/mol. The number of hydrogen-bond donors (Lipinski definition) is 1. The maximum absolute atomic E-state index is 12.6. The van der Waals surface area contributed by atoms with E-state index in [1.165, 1.54) is 11.3 Å². The van der Waals surface area contributed by atoms with Crippen LogP contribution in [-0.4, -0.2) is 48.0 Å². The molecule has 7 heteroatoms. The molecule has 1 N–H and O–H groups in total. The zero-order valence-electron chi connectivity index (χ0n) is 13.3. The first kappa shape index (κ1) is 16.4. The highest BCUT2D eigenvalue weighted by atomic mass is 32.1. The molecule has 1 saturated heterocycles. The molecule has 0 atom stereocenters. The number of aromatic nitrogens is 1. The second-order valence-corrected chi connectivity index (χ2v) is 7.33. The van der Waals surface area contributed by atoms with Crippen molar-refractivity contribution in [2.45, 2.75) is 38.5 Å². The van der Waals surface area contributed by atoms with Crippen molar-refractivity contribution in [2.24, 2.45) is 5.41 Å². The Bertz CT molecular complexity index is 535. The van der Waals surface area contributed by atoms with Gasteiger partial charge in [-0.3, -0.25) is 9.59 Å². The normalized spacial score (nSPS) is 20.4. The van der Waals surface area contributed by atoms with Gasteiger partial charge in [0.1, 0.15) is 0 Å². The van der Waals surface area contributed by atoms with Gasteiger partial charge in [-0.2, -0.15) is 0 Å². The Morgan fingerprint density at radius 2 is 2.00 bits per heavy atom. The summed E-state index contributed by atoms with van der Waals surface area (Å²) in [6.07, 6.45) is 6.65. The third-order valence-electron chi connectivity index (χ3n) is 4.77. The molecule has 6 nitrogen and oxygen atoms in total. The molecular formula is C16H23N3O3S. The molecule has 0 aromatic carbocycles. The van der Waals surface area contributed by atoms with Gasteiger partial charge in [0, 0.05) is 37.5 Å². The van der Waals surface area contributed by atoms with E-state index in [0.29, 0.717) is 44.3 Å². The van der Waals surface area contributed by atoms with Gasteiger partial charge in [0.05, 0.1) is 13.2 Å². The fraction of sp³-hybridized carbons (Fsp3) is 0.688. The Morgan fingerprint density at radius 3 is 2.65 bits per heavy atom. The van der Waals surface area contributed by atoms with E-state index in [9.17, 15) is 9.59 Å². The summed E-state index contributed by atoms with van der Waals surface area (Å²) in [7, 11) is 0. The lowest BCUT2D eigenvalue weighted by molar-refractivity contribution is -0.138. The molecule has 2 heterocycles. The summed E-state index contributed by atoms with van der Waals surface area (Å²) in [6, 6.07) is 0. The average molecular weight is 337 g/mol. The second-order valence-electron chi connectivity index (χ2n) is 6.44. The summed E-state index contributed by atoms with van der Waals surface area (Å²) >= 11 is 1.41. The lowest BCUT2D eigenvalue weighted by atomic mass is 9.78.